The second-order valence-corrected chi connectivity index (χ2v) is 7.27. The van der Waals surface area contributed by atoms with Crippen molar-refractivity contribution >= 4 is 28.3 Å². The number of carbonyl (C=O) groups is 1. The first-order chi connectivity index (χ1) is 14.8. The molecule has 0 spiro atoms. The summed E-state index contributed by atoms with van der Waals surface area (Å²) < 4.78 is 47.3. The molecule has 0 saturated carbocycles. The van der Waals surface area contributed by atoms with Crippen LogP contribution in [-0.4, -0.2) is 22.7 Å². The number of rotatable bonds is 5. The van der Waals surface area contributed by atoms with Crippen LogP contribution in [0.15, 0.2) is 66.7 Å². The van der Waals surface area contributed by atoms with E-state index < -0.39 is 23.1 Å². The quantitative estimate of drug-likeness (QED) is 0.355. The Morgan fingerprint density at radius 1 is 1.03 bits per heavy atom. The molecule has 0 aliphatic heterocycles. The van der Waals surface area contributed by atoms with Gasteiger partial charge in [0.2, 0.25) is 5.78 Å². The van der Waals surface area contributed by atoms with Gasteiger partial charge in [-0.2, -0.15) is 18.3 Å². The monoisotopic (exact) mass is 444 g/mol. The van der Waals surface area contributed by atoms with Gasteiger partial charge in [-0.15, -0.1) is 0 Å². The molecule has 0 bridgehead atoms. The summed E-state index contributed by atoms with van der Waals surface area (Å²) in [4.78, 5) is 13.2. The highest BCUT2D eigenvalue weighted by Gasteiger charge is 2.37. The fourth-order valence-corrected chi connectivity index (χ4v) is 3.69. The Kier molecular flexibility index (Phi) is 5.45. The average molecular weight is 445 g/mol. The van der Waals surface area contributed by atoms with Crippen molar-refractivity contribution in [2.24, 2.45) is 0 Å². The van der Waals surface area contributed by atoms with Crippen molar-refractivity contribution in [2.75, 3.05) is 7.11 Å². The lowest BCUT2D eigenvalue weighted by atomic mass is 9.99. The molecule has 0 unspecified atom stereocenters. The van der Waals surface area contributed by atoms with Crippen molar-refractivity contribution in [1.29, 1.82) is 0 Å². The summed E-state index contributed by atoms with van der Waals surface area (Å²) >= 11 is 6.03. The molecule has 4 nitrogen and oxygen atoms in total. The van der Waals surface area contributed by atoms with Crippen LogP contribution in [0.2, 0.25) is 5.02 Å². The lowest BCUT2D eigenvalue weighted by molar-refractivity contribution is -0.137. The Morgan fingerprint density at radius 3 is 2.42 bits per heavy atom. The van der Waals surface area contributed by atoms with Gasteiger partial charge in [0.15, 0.2) is 0 Å². The van der Waals surface area contributed by atoms with E-state index in [2.05, 4.69) is 5.10 Å². The lowest BCUT2D eigenvalue weighted by Crippen LogP contribution is -2.15. The SMILES string of the molecule is COc1ccc(Cn2nc(C(=O)c3c(Cl)cccc3C(F)(F)F)c3ccccc32)cc1. The number of aromatic nitrogens is 2. The van der Waals surface area contributed by atoms with Gasteiger partial charge in [0.1, 0.15) is 11.4 Å². The summed E-state index contributed by atoms with van der Waals surface area (Å²) in [5, 5.41) is 4.56. The van der Waals surface area contributed by atoms with Crippen LogP contribution in [0.1, 0.15) is 27.2 Å². The molecule has 1 heterocycles. The number of benzene rings is 3. The molecule has 0 fully saturated rings. The van der Waals surface area contributed by atoms with Gasteiger partial charge >= 0.3 is 6.18 Å². The molecule has 4 rings (SSSR count). The molecule has 0 N–H and O–H groups in total. The first-order valence-electron chi connectivity index (χ1n) is 9.28. The number of methoxy groups -OCH3 is 1. The minimum atomic E-state index is -4.72. The number of hydrogen-bond donors (Lipinski definition) is 0. The zero-order chi connectivity index (χ0) is 22.2. The standard InChI is InChI=1S/C23H16ClF3N2O2/c1-31-15-11-9-14(10-12-15)13-29-19-8-3-2-5-16(19)21(28-29)22(30)20-17(23(25,26)27)6-4-7-18(20)24/h2-12H,13H2,1H3. The smallest absolute Gasteiger partial charge is 0.417 e. The third-order valence-electron chi connectivity index (χ3n) is 4.91. The fraction of sp³-hybridized carbons (Fsp3) is 0.130. The highest BCUT2D eigenvalue weighted by atomic mass is 35.5. The highest BCUT2D eigenvalue weighted by molar-refractivity contribution is 6.35. The van der Waals surface area contributed by atoms with E-state index in [4.69, 9.17) is 16.3 Å². The van der Waals surface area contributed by atoms with Crippen LogP contribution < -0.4 is 4.74 Å². The predicted octanol–water partition coefficient (Wildman–Crippen LogP) is 6.00. The minimum Gasteiger partial charge on any atom is -0.497 e. The van der Waals surface area contributed by atoms with E-state index in [0.29, 0.717) is 23.2 Å². The first-order valence-corrected chi connectivity index (χ1v) is 9.66. The maximum absolute atomic E-state index is 13.5. The number of nitrogens with zero attached hydrogens (tertiary/aromatic N) is 2. The minimum absolute atomic E-state index is 0.0808. The Bertz CT molecular complexity index is 1260. The zero-order valence-corrected chi connectivity index (χ0v) is 17.0. The van der Waals surface area contributed by atoms with E-state index in [1.54, 1.807) is 48.2 Å². The van der Waals surface area contributed by atoms with E-state index >= 15 is 0 Å². The topological polar surface area (TPSA) is 44.1 Å². The molecule has 0 saturated heterocycles. The molecular weight excluding hydrogens is 429 g/mol. The summed E-state index contributed by atoms with van der Waals surface area (Å²) in [6, 6.07) is 17.5. The van der Waals surface area contributed by atoms with Crippen LogP contribution in [0, 0.1) is 0 Å². The molecule has 31 heavy (non-hydrogen) atoms. The number of para-hydroxylation sites is 1. The number of alkyl halides is 3. The molecule has 0 amide bonds. The maximum Gasteiger partial charge on any atom is 0.417 e. The molecule has 4 aromatic rings. The van der Waals surface area contributed by atoms with Crippen molar-refractivity contribution in [2.45, 2.75) is 12.7 Å². The molecule has 3 aromatic carbocycles. The van der Waals surface area contributed by atoms with Crippen molar-refractivity contribution in [1.82, 2.24) is 9.78 Å². The molecule has 0 radical (unpaired) electrons. The Morgan fingerprint density at radius 2 is 1.74 bits per heavy atom. The van der Waals surface area contributed by atoms with Gasteiger partial charge in [-0.1, -0.05) is 48.0 Å². The number of fused-ring (bicyclic) bond motifs is 1. The van der Waals surface area contributed by atoms with Crippen molar-refractivity contribution in [3.05, 3.63) is 94.1 Å². The first kappa shape index (κ1) is 20.9. The van der Waals surface area contributed by atoms with Crippen LogP contribution in [-0.2, 0) is 12.7 Å². The fourth-order valence-electron chi connectivity index (χ4n) is 3.43. The van der Waals surface area contributed by atoms with Gasteiger partial charge in [-0.3, -0.25) is 9.48 Å². The number of carbonyl (C=O) groups excluding carboxylic acids is 1. The second-order valence-electron chi connectivity index (χ2n) is 6.86. The summed E-state index contributed by atoms with van der Waals surface area (Å²) in [5.41, 5.74) is -0.248. The molecule has 158 valence electrons. The van der Waals surface area contributed by atoms with Gasteiger partial charge in [0, 0.05) is 5.39 Å². The van der Waals surface area contributed by atoms with Gasteiger partial charge in [-0.05, 0) is 35.9 Å². The molecule has 0 atom stereocenters. The van der Waals surface area contributed by atoms with Crippen molar-refractivity contribution in [3.8, 4) is 5.75 Å². The van der Waals surface area contributed by atoms with Gasteiger partial charge < -0.3 is 4.74 Å². The van der Waals surface area contributed by atoms with E-state index in [0.717, 1.165) is 11.6 Å². The van der Waals surface area contributed by atoms with Crippen molar-refractivity contribution in [3.63, 3.8) is 0 Å². The molecule has 0 aliphatic rings. The zero-order valence-electron chi connectivity index (χ0n) is 16.3. The maximum atomic E-state index is 13.5. The largest absolute Gasteiger partial charge is 0.497 e. The van der Waals surface area contributed by atoms with E-state index in [1.165, 1.54) is 12.1 Å². The Balaban J connectivity index is 1.82. The third-order valence-corrected chi connectivity index (χ3v) is 5.23. The van der Waals surface area contributed by atoms with Crippen LogP contribution in [0.5, 0.6) is 5.75 Å². The lowest BCUT2D eigenvalue weighted by Gasteiger charge is -2.12. The van der Waals surface area contributed by atoms with E-state index in [-0.39, 0.29) is 10.7 Å². The van der Waals surface area contributed by atoms with Crippen LogP contribution in [0.25, 0.3) is 10.9 Å². The molecule has 1 aromatic heterocycles. The normalized spacial score (nSPS) is 11.6. The number of halogens is 4. The van der Waals surface area contributed by atoms with E-state index in [1.807, 2.05) is 12.1 Å². The highest BCUT2D eigenvalue weighted by Crippen LogP contribution is 2.36. The third kappa shape index (κ3) is 4.01. The summed E-state index contributed by atoms with van der Waals surface area (Å²) in [6.45, 7) is 0.326. The van der Waals surface area contributed by atoms with Gasteiger partial charge in [0.25, 0.3) is 0 Å². The number of ether oxygens (including phenoxy) is 1. The van der Waals surface area contributed by atoms with Crippen LogP contribution in [0.3, 0.4) is 0 Å². The van der Waals surface area contributed by atoms with Crippen LogP contribution in [0.4, 0.5) is 13.2 Å². The van der Waals surface area contributed by atoms with Crippen molar-refractivity contribution < 1.29 is 22.7 Å². The van der Waals surface area contributed by atoms with E-state index in [9.17, 15) is 18.0 Å². The van der Waals surface area contributed by atoms with Gasteiger partial charge in [0.05, 0.1) is 35.3 Å². The average Bonchev–Trinajstić information content (AvgIpc) is 3.11. The predicted molar refractivity (Wildman–Crippen MR) is 112 cm³/mol. The Labute approximate surface area is 180 Å². The molecular formula is C23H16ClF3N2O2. The number of hydrogen-bond acceptors (Lipinski definition) is 3. The van der Waals surface area contributed by atoms with Gasteiger partial charge in [-0.25, -0.2) is 0 Å². The molecule has 0 aliphatic carbocycles. The number of ketones is 1. The van der Waals surface area contributed by atoms with Crippen LogP contribution >= 0.6 is 11.6 Å². The Hall–Kier alpha value is -3.32. The second kappa shape index (κ2) is 8.07. The summed E-state index contributed by atoms with van der Waals surface area (Å²) in [5.74, 6) is -0.175. The summed E-state index contributed by atoms with van der Waals surface area (Å²) in [6.07, 6.45) is -4.72. The molecule has 8 heteroatoms. The summed E-state index contributed by atoms with van der Waals surface area (Å²) in [7, 11) is 1.57.